The minimum atomic E-state index is -0.00923. The zero-order valence-corrected chi connectivity index (χ0v) is 19.6. The number of fused-ring (bicyclic) bond motifs is 3. The second-order valence-electron chi connectivity index (χ2n) is 8.98. The standard InChI is InChI=1S/C26H28N4OS/c1-15-11-22-23-21(17-5-4-6-19(32)12-17)13-20(16(2)24(23)29-25(22)27-14-15)26(31)28-18-7-9-30(3)10-8-18/h4-6,11-14,18,32H,7-10H2,1-3H3,(H,27,29)(H,28,31). The van der Waals surface area contributed by atoms with Gasteiger partial charge in [0, 0.05) is 33.5 Å². The Balaban J connectivity index is 1.68. The summed E-state index contributed by atoms with van der Waals surface area (Å²) in [5.74, 6) is -0.00923. The minimum absolute atomic E-state index is 0.00923. The summed E-state index contributed by atoms with van der Waals surface area (Å²) < 4.78 is 0. The van der Waals surface area contributed by atoms with Crippen LogP contribution in [0.2, 0.25) is 0 Å². The molecule has 1 fully saturated rings. The van der Waals surface area contributed by atoms with Gasteiger partial charge >= 0.3 is 0 Å². The fourth-order valence-corrected chi connectivity index (χ4v) is 4.97. The van der Waals surface area contributed by atoms with Crippen molar-refractivity contribution < 1.29 is 4.79 Å². The van der Waals surface area contributed by atoms with E-state index in [2.05, 4.69) is 58.9 Å². The Kier molecular flexibility index (Phi) is 5.43. The van der Waals surface area contributed by atoms with Crippen LogP contribution >= 0.6 is 12.6 Å². The number of carbonyl (C=O) groups is 1. The molecule has 0 radical (unpaired) electrons. The van der Waals surface area contributed by atoms with Crippen molar-refractivity contribution in [2.24, 2.45) is 0 Å². The molecular formula is C26H28N4OS. The first kappa shape index (κ1) is 21.0. The molecule has 0 aliphatic carbocycles. The van der Waals surface area contributed by atoms with E-state index in [1.165, 1.54) is 0 Å². The number of rotatable bonds is 3. The molecule has 2 aromatic carbocycles. The molecule has 1 amide bonds. The molecule has 164 valence electrons. The van der Waals surface area contributed by atoms with Gasteiger partial charge in [0.05, 0.1) is 5.52 Å². The highest BCUT2D eigenvalue weighted by atomic mass is 32.1. The Morgan fingerprint density at radius 3 is 2.72 bits per heavy atom. The number of aryl methyl sites for hydroxylation is 2. The lowest BCUT2D eigenvalue weighted by molar-refractivity contribution is 0.0916. The molecule has 1 saturated heterocycles. The van der Waals surface area contributed by atoms with Gasteiger partial charge in [0.1, 0.15) is 5.65 Å². The molecule has 2 N–H and O–H groups in total. The summed E-state index contributed by atoms with van der Waals surface area (Å²) >= 11 is 4.55. The Bertz CT molecular complexity index is 1330. The number of aromatic nitrogens is 2. The van der Waals surface area contributed by atoms with Crippen molar-refractivity contribution in [1.82, 2.24) is 20.2 Å². The number of carbonyl (C=O) groups excluding carboxylic acids is 1. The number of piperidine rings is 1. The number of benzene rings is 2. The molecule has 2 aromatic heterocycles. The van der Waals surface area contributed by atoms with Crippen molar-refractivity contribution in [3.63, 3.8) is 0 Å². The second-order valence-corrected chi connectivity index (χ2v) is 9.50. The van der Waals surface area contributed by atoms with Crippen molar-refractivity contribution >= 4 is 40.5 Å². The van der Waals surface area contributed by atoms with Crippen molar-refractivity contribution in [3.05, 3.63) is 59.3 Å². The number of hydrogen-bond acceptors (Lipinski definition) is 4. The molecular weight excluding hydrogens is 416 g/mol. The number of pyridine rings is 1. The fraction of sp³-hybridized carbons (Fsp3) is 0.308. The van der Waals surface area contributed by atoms with Gasteiger partial charge in [-0.2, -0.15) is 0 Å². The maximum absolute atomic E-state index is 13.4. The number of amides is 1. The normalized spacial score (nSPS) is 15.5. The second kappa shape index (κ2) is 8.26. The molecule has 0 unspecified atom stereocenters. The zero-order chi connectivity index (χ0) is 22.4. The predicted octanol–water partition coefficient (Wildman–Crippen LogP) is 5.11. The summed E-state index contributed by atoms with van der Waals surface area (Å²) in [7, 11) is 2.13. The number of nitrogens with zero attached hydrogens (tertiary/aromatic N) is 2. The zero-order valence-electron chi connectivity index (χ0n) is 18.7. The van der Waals surface area contributed by atoms with Crippen LogP contribution in [0.3, 0.4) is 0 Å². The van der Waals surface area contributed by atoms with Gasteiger partial charge < -0.3 is 15.2 Å². The van der Waals surface area contributed by atoms with Gasteiger partial charge in [0.25, 0.3) is 5.91 Å². The van der Waals surface area contributed by atoms with E-state index >= 15 is 0 Å². The highest BCUT2D eigenvalue weighted by Crippen LogP contribution is 2.38. The summed E-state index contributed by atoms with van der Waals surface area (Å²) in [4.78, 5) is 24.7. The van der Waals surface area contributed by atoms with E-state index in [4.69, 9.17) is 0 Å². The number of H-pyrrole nitrogens is 1. The Labute approximate surface area is 193 Å². The first-order chi connectivity index (χ1) is 15.4. The molecule has 5 nitrogen and oxygen atoms in total. The van der Waals surface area contributed by atoms with Gasteiger partial charge in [-0.1, -0.05) is 12.1 Å². The molecule has 0 atom stereocenters. The molecule has 0 saturated carbocycles. The third-order valence-corrected chi connectivity index (χ3v) is 6.86. The van der Waals surface area contributed by atoms with Gasteiger partial charge in [-0.25, -0.2) is 4.98 Å². The lowest BCUT2D eigenvalue weighted by Crippen LogP contribution is -2.43. The van der Waals surface area contributed by atoms with Crippen LogP contribution in [0.4, 0.5) is 0 Å². The summed E-state index contributed by atoms with van der Waals surface area (Å²) in [5, 5.41) is 5.46. The lowest BCUT2D eigenvalue weighted by Gasteiger charge is -2.29. The van der Waals surface area contributed by atoms with Gasteiger partial charge in [0.15, 0.2) is 0 Å². The van der Waals surface area contributed by atoms with Crippen molar-refractivity contribution in [2.75, 3.05) is 20.1 Å². The largest absolute Gasteiger partial charge is 0.349 e. The van der Waals surface area contributed by atoms with Crippen LogP contribution in [0.1, 0.15) is 34.3 Å². The maximum atomic E-state index is 13.4. The van der Waals surface area contributed by atoms with E-state index in [1.54, 1.807) is 0 Å². The Hall–Kier alpha value is -2.83. The van der Waals surface area contributed by atoms with E-state index in [1.807, 2.05) is 37.4 Å². The summed E-state index contributed by atoms with van der Waals surface area (Å²) in [6.07, 6.45) is 3.83. The van der Waals surface area contributed by atoms with Crippen molar-refractivity contribution in [3.8, 4) is 11.1 Å². The number of nitrogens with one attached hydrogen (secondary N) is 2. The molecule has 32 heavy (non-hydrogen) atoms. The highest BCUT2D eigenvalue weighted by Gasteiger charge is 2.23. The number of hydrogen-bond donors (Lipinski definition) is 3. The molecule has 1 aliphatic rings. The average Bonchev–Trinajstić information content (AvgIpc) is 3.15. The number of aromatic amines is 1. The first-order valence-corrected chi connectivity index (χ1v) is 11.6. The lowest BCUT2D eigenvalue weighted by atomic mass is 9.93. The smallest absolute Gasteiger partial charge is 0.251 e. The fourth-order valence-electron chi connectivity index (χ4n) is 4.75. The number of likely N-dealkylation sites (tertiary alicyclic amines) is 1. The van der Waals surface area contributed by atoms with Crippen LogP contribution in [0.15, 0.2) is 47.5 Å². The summed E-state index contributed by atoms with van der Waals surface area (Å²) in [5.41, 5.74) is 6.63. The quantitative estimate of drug-likeness (QED) is 0.385. The molecule has 5 rings (SSSR count). The van der Waals surface area contributed by atoms with Crippen LogP contribution in [0, 0.1) is 13.8 Å². The predicted molar refractivity (Wildman–Crippen MR) is 134 cm³/mol. The third kappa shape index (κ3) is 3.78. The molecule has 0 spiro atoms. The van der Waals surface area contributed by atoms with Crippen LogP contribution in [-0.2, 0) is 0 Å². The third-order valence-electron chi connectivity index (χ3n) is 6.58. The highest BCUT2D eigenvalue weighted by molar-refractivity contribution is 7.80. The van der Waals surface area contributed by atoms with E-state index in [-0.39, 0.29) is 11.9 Å². The minimum Gasteiger partial charge on any atom is -0.349 e. The topological polar surface area (TPSA) is 61.0 Å². The number of thiol groups is 1. The Morgan fingerprint density at radius 2 is 1.97 bits per heavy atom. The van der Waals surface area contributed by atoms with E-state index in [9.17, 15) is 4.79 Å². The van der Waals surface area contributed by atoms with Gasteiger partial charge in [-0.3, -0.25) is 4.79 Å². The molecule has 0 bridgehead atoms. The van der Waals surface area contributed by atoms with Gasteiger partial charge in [0.2, 0.25) is 0 Å². The van der Waals surface area contributed by atoms with E-state index in [0.29, 0.717) is 5.56 Å². The van der Waals surface area contributed by atoms with Crippen molar-refractivity contribution in [1.29, 1.82) is 0 Å². The molecule has 4 aromatic rings. The monoisotopic (exact) mass is 444 g/mol. The average molecular weight is 445 g/mol. The van der Waals surface area contributed by atoms with Crippen LogP contribution in [0.25, 0.3) is 33.1 Å². The van der Waals surface area contributed by atoms with Gasteiger partial charge in [-0.05, 0) is 93.3 Å². The Morgan fingerprint density at radius 1 is 1.19 bits per heavy atom. The summed E-state index contributed by atoms with van der Waals surface area (Å²) in [6, 6.07) is 12.5. The van der Waals surface area contributed by atoms with Crippen LogP contribution < -0.4 is 5.32 Å². The summed E-state index contributed by atoms with van der Waals surface area (Å²) in [6.45, 7) is 6.09. The van der Waals surface area contributed by atoms with Crippen LogP contribution in [0.5, 0.6) is 0 Å². The maximum Gasteiger partial charge on any atom is 0.251 e. The van der Waals surface area contributed by atoms with Crippen molar-refractivity contribution in [2.45, 2.75) is 37.6 Å². The van der Waals surface area contributed by atoms with Gasteiger partial charge in [-0.15, -0.1) is 12.6 Å². The molecule has 1 aliphatic heterocycles. The van der Waals surface area contributed by atoms with E-state index < -0.39 is 0 Å². The molecule has 6 heteroatoms. The van der Waals surface area contributed by atoms with E-state index in [0.717, 1.165) is 75.0 Å². The first-order valence-electron chi connectivity index (χ1n) is 11.1. The molecule has 3 heterocycles. The SMILES string of the molecule is Cc1cnc2[nH]c3c(C)c(C(=O)NC4CCN(C)CC4)cc(-c4cccc(S)c4)c3c2c1. The van der Waals surface area contributed by atoms with Crippen LogP contribution in [-0.4, -0.2) is 47.0 Å².